The number of aromatic nitrogens is 4. The Morgan fingerprint density at radius 2 is 1.81 bits per heavy atom. The minimum atomic E-state index is -0.288. The molecule has 0 aliphatic carbocycles. The molecule has 0 radical (unpaired) electrons. The fourth-order valence-corrected chi connectivity index (χ4v) is 3.86. The van der Waals surface area contributed by atoms with Crippen LogP contribution in [0.15, 0.2) is 42.7 Å². The van der Waals surface area contributed by atoms with Crippen LogP contribution in [0.5, 0.6) is 0 Å². The second-order valence-corrected chi connectivity index (χ2v) is 7.06. The average Bonchev–Trinajstić information content (AvgIpc) is 3.24. The third kappa shape index (κ3) is 2.57. The second-order valence-electron chi connectivity index (χ2n) is 7.06. The van der Waals surface area contributed by atoms with Gasteiger partial charge in [0.2, 0.25) is 0 Å². The average molecular weight is 349 g/mol. The van der Waals surface area contributed by atoms with Crippen molar-refractivity contribution in [2.75, 3.05) is 13.1 Å². The van der Waals surface area contributed by atoms with Crippen molar-refractivity contribution in [3.63, 3.8) is 0 Å². The quantitative estimate of drug-likeness (QED) is 0.601. The van der Waals surface area contributed by atoms with Crippen molar-refractivity contribution in [3.8, 4) is 11.1 Å². The largest absolute Gasteiger partial charge is 0.317 e. The predicted octanol–water partition coefficient (Wildman–Crippen LogP) is 3.65. The number of halogens is 1. The lowest BCUT2D eigenvalue weighted by molar-refractivity contribution is 0.345. The van der Waals surface area contributed by atoms with Crippen LogP contribution in [0, 0.1) is 5.82 Å². The highest BCUT2D eigenvalue weighted by Crippen LogP contribution is 2.29. The standard InChI is InChI=1S/C20H20FN5/c1-25-11-16-9-14(10-18(21)20(16)24-25)13-2-3-19-15(8-13)12-26(23-19)17-4-6-22-7-5-17/h2-3,8-12,17,22H,4-7H2,1H3. The molecule has 5 rings (SSSR count). The maximum atomic E-state index is 14.4. The van der Waals surface area contributed by atoms with E-state index in [9.17, 15) is 4.39 Å². The van der Waals surface area contributed by atoms with E-state index < -0.39 is 0 Å². The fourth-order valence-electron chi connectivity index (χ4n) is 3.86. The molecule has 26 heavy (non-hydrogen) atoms. The number of nitrogens with one attached hydrogen (secondary N) is 1. The maximum absolute atomic E-state index is 14.4. The summed E-state index contributed by atoms with van der Waals surface area (Å²) in [5, 5.41) is 14.2. The van der Waals surface area contributed by atoms with Gasteiger partial charge in [0.25, 0.3) is 0 Å². The van der Waals surface area contributed by atoms with Crippen molar-refractivity contribution in [2.45, 2.75) is 18.9 Å². The number of rotatable bonds is 2. The number of nitrogens with zero attached hydrogens (tertiary/aromatic N) is 4. The summed E-state index contributed by atoms with van der Waals surface area (Å²) in [6.45, 7) is 2.08. The zero-order valence-corrected chi connectivity index (χ0v) is 14.6. The van der Waals surface area contributed by atoms with Crippen LogP contribution >= 0.6 is 0 Å². The first-order chi connectivity index (χ1) is 12.7. The zero-order valence-electron chi connectivity index (χ0n) is 14.6. The van der Waals surface area contributed by atoms with Gasteiger partial charge in [0, 0.05) is 30.2 Å². The number of hydrogen-bond acceptors (Lipinski definition) is 3. The molecule has 6 heteroatoms. The Bertz CT molecular complexity index is 1100. The van der Waals surface area contributed by atoms with E-state index in [0.29, 0.717) is 11.6 Å². The van der Waals surface area contributed by atoms with Gasteiger partial charge in [-0.15, -0.1) is 0 Å². The first-order valence-electron chi connectivity index (χ1n) is 9.00. The van der Waals surface area contributed by atoms with E-state index in [1.807, 2.05) is 24.4 Å². The first-order valence-corrected chi connectivity index (χ1v) is 9.00. The van der Waals surface area contributed by atoms with Gasteiger partial charge >= 0.3 is 0 Å². The molecule has 1 saturated heterocycles. The molecule has 0 spiro atoms. The van der Waals surface area contributed by atoms with Gasteiger partial charge in [-0.05, 0) is 61.3 Å². The Balaban J connectivity index is 1.56. The van der Waals surface area contributed by atoms with Crippen molar-refractivity contribution in [1.82, 2.24) is 24.9 Å². The molecule has 3 heterocycles. The molecule has 1 fully saturated rings. The summed E-state index contributed by atoms with van der Waals surface area (Å²) in [5.41, 5.74) is 3.25. The van der Waals surface area contributed by atoms with Gasteiger partial charge < -0.3 is 5.32 Å². The zero-order chi connectivity index (χ0) is 17.7. The van der Waals surface area contributed by atoms with E-state index in [1.165, 1.54) is 0 Å². The molecule has 5 nitrogen and oxygen atoms in total. The van der Waals surface area contributed by atoms with Gasteiger partial charge in [-0.2, -0.15) is 10.2 Å². The molecule has 2 aromatic heterocycles. The summed E-state index contributed by atoms with van der Waals surface area (Å²) >= 11 is 0. The van der Waals surface area contributed by atoms with Crippen molar-refractivity contribution < 1.29 is 4.39 Å². The molecule has 0 atom stereocenters. The van der Waals surface area contributed by atoms with Crippen LogP contribution in [0.4, 0.5) is 4.39 Å². The molecule has 1 aliphatic heterocycles. The normalized spacial score (nSPS) is 15.9. The summed E-state index contributed by atoms with van der Waals surface area (Å²) in [7, 11) is 1.81. The fraction of sp³-hybridized carbons (Fsp3) is 0.300. The number of hydrogen-bond donors (Lipinski definition) is 1. The van der Waals surface area contributed by atoms with Crippen LogP contribution in [-0.2, 0) is 7.05 Å². The highest BCUT2D eigenvalue weighted by molar-refractivity contribution is 5.88. The Kier molecular flexibility index (Phi) is 3.53. The van der Waals surface area contributed by atoms with E-state index in [1.54, 1.807) is 17.8 Å². The van der Waals surface area contributed by atoms with E-state index in [4.69, 9.17) is 5.10 Å². The lowest BCUT2D eigenvalue weighted by Gasteiger charge is -2.22. The van der Waals surface area contributed by atoms with Crippen LogP contribution < -0.4 is 5.32 Å². The first kappa shape index (κ1) is 15.5. The topological polar surface area (TPSA) is 47.7 Å². The lowest BCUT2D eigenvalue weighted by Crippen LogP contribution is -2.29. The summed E-state index contributed by atoms with van der Waals surface area (Å²) < 4.78 is 18.1. The van der Waals surface area contributed by atoms with Gasteiger partial charge in [-0.3, -0.25) is 9.36 Å². The highest BCUT2D eigenvalue weighted by Gasteiger charge is 2.16. The number of fused-ring (bicyclic) bond motifs is 2. The summed E-state index contributed by atoms with van der Waals surface area (Å²) in [4.78, 5) is 0. The van der Waals surface area contributed by atoms with Gasteiger partial charge in [0.15, 0.2) is 5.82 Å². The molecule has 1 aliphatic rings. The highest BCUT2D eigenvalue weighted by atomic mass is 19.1. The summed E-state index contributed by atoms with van der Waals surface area (Å²) in [6, 6.07) is 10.1. The van der Waals surface area contributed by atoms with Crippen LogP contribution in [0.3, 0.4) is 0 Å². The van der Waals surface area contributed by atoms with Gasteiger partial charge in [0.05, 0.1) is 11.6 Å². The molecule has 4 aromatic rings. The molecule has 0 unspecified atom stereocenters. The van der Waals surface area contributed by atoms with E-state index >= 15 is 0 Å². The van der Waals surface area contributed by atoms with E-state index in [2.05, 4.69) is 27.4 Å². The predicted molar refractivity (Wildman–Crippen MR) is 101 cm³/mol. The molecule has 0 saturated carbocycles. The molecule has 0 amide bonds. The smallest absolute Gasteiger partial charge is 0.151 e. The van der Waals surface area contributed by atoms with Gasteiger partial charge in [0.1, 0.15) is 5.52 Å². The summed E-state index contributed by atoms with van der Waals surface area (Å²) in [6.07, 6.45) is 6.16. The minimum Gasteiger partial charge on any atom is -0.317 e. The Morgan fingerprint density at radius 3 is 2.65 bits per heavy atom. The molecule has 0 bridgehead atoms. The van der Waals surface area contributed by atoms with Crippen LogP contribution in [-0.4, -0.2) is 32.7 Å². The number of aryl methyl sites for hydroxylation is 1. The Morgan fingerprint density at radius 1 is 1.00 bits per heavy atom. The van der Waals surface area contributed by atoms with Crippen LogP contribution in [0.2, 0.25) is 0 Å². The minimum absolute atomic E-state index is 0.288. The summed E-state index contributed by atoms with van der Waals surface area (Å²) in [5.74, 6) is -0.288. The molecule has 132 valence electrons. The molecule has 1 N–H and O–H groups in total. The Labute approximate surface area is 150 Å². The third-order valence-electron chi connectivity index (χ3n) is 5.21. The number of benzene rings is 2. The molecular weight excluding hydrogens is 329 g/mol. The van der Waals surface area contributed by atoms with E-state index in [0.717, 1.165) is 53.3 Å². The maximum Gasteiger partial charge on any atom is 0.151 e. The van der Waals surface area contributed by atoms with Crippen molar-refractivity contribution in [2.24, 2.45) is 7.05 Å². The SMILES string of the molecule is Cn1cc2cc(-c3ccc4nn(C5CCNCC5)cc4c3)cc(F)c2n1. The van der Waals surface area contributed by atoms with Crippen molar-refractivity contribution >= 4 is 21.8 Å². The molecule has 2 aromatic carbocycles. The van der Waals surface area contributed by atoms with Gasteiger partial charge in [-0.1, -0.05) is 6.07 Å². The Hall–Kier alpha value is -2.73. The second kappa shape index (κ2) is 5.92. The van der Waals surface area contributed by atoms with E-state index in [-0.39, 0.29) is 5.82 Å². The molecular formula is C20H20FN5. The van der Waals surface area contributed by atoms with Gasteiger partial charge in [-0.25, -0.2) is 4.39 Å². The van der Waals surface area contributed by atoms with Crippen LogP contribution in [0.1, 0.15) is 18.9 Å². The monoisotopic (exact) mass is 349 g/mol. The third-order valence-corrected chi connectivity index (χ3v) is 5.21. The van der Waals surface area contributed by atoms with Crippen molar-refractivity contribution in [1.29, 1.82) is 0 Å². The van der Waals surface area contributed by atoms with Crippen LogP contribution in [0.25, 0.3) is 32.9 Å². The van der Waals surface area contributed by atoms with Crippen molar-refractivity contribution in [3.05, 3.63) is 48.5 Å². The number of piperidine rings is 1. The lowest BCUT2D eigenvalue weighted by atomic mass is 10.0.